The highest BCUT2D eigenvalue weighted by Crippen LogP contribution is 2.18. The van der Waals surface area contributed by atoms with Gasteiger partial charge in [-0.15, -0.1) is 11.3 Å². The Morgan fingerprint density at radius 1 is 1.08 bits per heavy atom. The maximum atomic E-state index is 13.0. The van der Waals surface area contributed by atoms with Crippen LogP contribution in [0, 0.1) is 0 Å². The van der Waals surface area contributed by atoms with Crippen LogP contribution in [0.2, 0.25) is 0 Å². The van der Waals surface area contributed by atoms with E-state index in [4.69, 9.17) is 4.42 Å². The lowest BCUT2D eigenvalue weighted by Gasteiger charge is -2.21. The van der Waals surface area contributed by atoms with Crippen molar-refractivity contribution >= 4 is 28.3 Å². The molecule has 0 fully saturated rings. The first-order valence-corrected chi connectivity index (χ1v) is 8.72. The molecule has 25 heavy (non-hydrogen) atoms. The minimum atomic E-state index is -0.146. The number of aromatic nitrogens is 2. The molecule has 4 aromatic rings. The van der Waals surface area contributed by atoms with Crippen LogP contribution < -0.4 is 0 Å². The third kappa shape index (κ3) is 3.44. The SMILES string of the molecule is O=C(c1cnc2ccccc2n1)N(Cc1ccoc1)Cc1cccs1. The van der Waals surface area contributed by atoms with Gasteiger partial charge in [-0.05, 0) is 29.6 Å². The summed E-state index contributed by atoms with van der Waals surface area (Å²) in [6.45, 7) is 0.984. The molecule has 0 bridgehead atoms. The first-order valence-electron chi connectivity index (χ1n) is 7.84. The lowest BCUT2D eigenvalue weighted by atomic mass is 10.2. The quantitative estimate of drug-likeness (QED) is 0.544. The average Bonchev–Trinajstić information content (AvgIpc) is 3.34. The minimum absolute atomic E-state index is 0.146. The molecule has 0 unspecified atom stereocenters. The number of nitrogens with zero attached hydrogens (tertiary/aromatic N) is 3. The van der Waals surface area contributed by atoms with E-state index in [2.05, 4.69) is 9.97 Å². The number of amides is 1. The fraction of sp³-hybridized carbons (Fsp3) is 0.105. The summed E-state index contributed by atoms with van der Waals surface area (Å²) in [6, 6.07) is 13.4. The standard InChI is InChI=1S/C19H15N3O2S/c23-19(18-10-20-16-5-1-2-6-17(16)21-18)22(11-14-7-8-24-13-14)12-15-4-3-9-25-15/h1-10,13H,11-12H2. The number of furan rings is 1. The van der Waals surface area contributed by atoms with Crippen molar-refractivity contribution in [3.63, 3.8) is 0 Å². The third-order valence-electron chi connectivity index (χ3n) is 3.84. The molecule has 0 saturated heterocycles. The van der Waals surface area contributed by atoms with Crippen molar-refractivity contribution in [2.75, 3.05) is 0 Å². The highest BCUT2D eigenvalue weighted by molar-refractivity contribution is 7.09. The zero-order chi connectivity index (χ0) is 17.1. The second kappa shape index (κ2) is 6.86. The lowest BCUT2D eigenvalue weighted by molar-refractivity contribution is 0.0725. The maximum absolute atomic E-state index is 13.0. The highest BCUT2D eigenvalue weighted by Gasteiger charge is 2.19. The van der Waals surface area contributed by atoms with Crippen molar-refractivity contribution in [3.8, 4) is 0 Å². The molecule has 0 aliphatic rings. The predicted molar refractivity (Wildman–Crippen MR) is 96.1 cm³/mol. The van der Waals surface area contributed by atoms with Gasteiger partial charge in [0.25, 0.3) is 5.91 Å². The van der Waals surface area contributed by atoms with Gasteiger partial charge in [0.2, 0.25) is 0 Å². The van der Waals surface area contributed by atoms with Crippen molar-refractivity contribution in [1.82, 2.24) is 14.9 Å². The van der Waals surface area contributed by atoms with Crippen LogP contribution in [0.25, 0.3) is 11.0 Å². The van der Waals surface area contributed by atoms with Crippen LogP contribution in [-0.2, 0) is 13.1 Å². The number of para-hydroxylation sites is 2. The average molecular weight is 349 g/mol. The summed E-state index contributed by atoms with van der Waals surface area (Å²) in [5, 5.41) is 2.01. The van der Waals surface area contributed by atoms with E-state index in [1.807, 2.05) is 47.8 Å². The van der Waals surface area contributed by atoms with Gasteiger partial charge in [-0.1, -0.05) is 18.2 Å². The van der Waals surface area contributed by atoms with Gasteiger partial charge >= 0.3 is 0 Å². The number of carbonyl (C=O) groups is 1. The Bertz CT molecular complexity index is 945. The number of rotatable bonds is 5. The van der Waals surface area contributed by atoms with Crippen LogP contribution in [0.4, 0.5) is 0 Å². The summed E-state index contributed by atoms with van der Waals surface area (Å²) < 4.78 is 5.13. The van der Waals surface area contributed by atoms with Crippen LogP contribution in [0.15, 0.2) is 71.0 Å². The van der Waals surface area contributed by atoms with Crippen molar-refractivity contribution in [2.24, 2.45) is 0 Å². The zero-order valence-corrected chi connectivity index (χ0v) is 14.1. The van der Waals surface area contributed by atoms with Crippen molar-refractivity contribution in [3.05, 3.63) is 82.7 Å². The van der Waals surface area contributed by atoms with Gasteiger partial charge < -0.3 is 9.32 Å². The van der Waals surface area contributed by atoms with E-state index < -0.39 is 0 Å². The Hall–Kier alpha value is -2.99. The summed E-state index contributed by atoms with van der Waals surface area (Å²) in [5.74, 6) is -0.146. The third-order valence-corrected chi connectivity index (χ3v) is 4.70. The molecule has 5 nitrogen and oxygen atoms in total. The lowest BCUT2D eigenvalue weighted by Crippen LogP contribution is -2.30. The molecular formula is C19H15N3O2S. The van der Waals surface area contributed by atoms with Crippen LogP contribution >= 0.6 is 11.3 Å². The molecule has 3 heterocycles. The van der Waals surface area contributed by atoms with Crippen LogP contribution in [0.1, 0.15) is 20.9 Å². The molecule has 1 aromatic carbocycles. The van der Waals surface area contributed by atoms with Crippen LogP contribution in [-0.4, -0.2) is 20.8 Å². The number of hydrogen-bond acceptors (Lipinski definition) is 5. The summed E-state index contributed by atoms with van der Waals surface area (Å²) in [5.41, 5.74) is 2.78. The Balaban J connectivity index is 1.65. The topological polar surface area (TPSA) is 59.2 Å². The first-order chi connectivity index (χ1) is 12.3. The summed E-state index contributed by atoms with van der Waals surface area (Å²) in [4.78, 5) is 24.7. The van der Waals surface area contributed by atoms with Gasteiger partial charge in [0, 0.05) is 17.0 Å². The molecule has 0 atom stereocenters. The molecule has 4 rings (SSSR count). The summed E-state index contributed by atoms with van der Waals surface area (Å²) in [7, 11) is 0. The van der Waals surface area contributed by atoms with Crippen molar-refractivity contribution in [1.29, 1.82) is 0 Å². The van der Waals surface area contributed by atoms with E-state index in [0.717, 1.165) is 16.0 Å². The largest absolute Gasteiger partial charge is 0.472 e. The zero-order valence-electron chi connectivity index (χ0n) is 13.3. The molecule has 0 radical (unpaired) electrons. The number of benzene rings is 1. The van der Waals surface area contributed by atoms with Crippen LogP contribution in [0.3, 0.4) is 0 Å². The Morgan fingerprint density at radius 2 is 1.96 bits per heavy atom. The van der Waals surface area contributed by atoms with E-state index in [-0.39, 0.29) is 5.91 Å². The smallest absolute Gasteiger partial charge is 0.274 e. The molecule has 0 spiro atoms. The van der Waals surface area contributed by atoms with E-state index in [0.29, 0.717) is 24.3 Å². The Kier molecular flexibility index (Phi) is 4.26. The monoisotopic (exact) mass is 349 g/mol. The Morgan fingerprint density at radius 3 is 2.72 bits per heavy atom. The molecule has 0 saturated carbocycles. The number of thiophene rings is 1. The second-order valence-electron chi connectivity index (χ2n) is 5.62. The van der Waals surface area contributed by atoms with Gasteiger partial charge in [0.05, 0.1) is 36.3 Å². The predicted octanol–water partition coefficient (Wildman–Crippen LogP) is 4.13. The fourth-order valence-electron chi connectivity index (χ4n) is 2.62. The second-order valence-corrected chi connectivity index (χ2v) is 6.65. The first kappa shape index (κ1) is 15.5. The van der Waals surface area contributed by atoms with Gasteiger partial charge in [0.1, 0.15) is 5.69 Å². The molecular weight excluding hydrogens is 334 g/mol. The summed E-state index contributed by atoms with van der Waals surface area (Å²) >= 11 is 1.63. The fourth-order valence-corrected chi connectivity index (χ4v) is 3.33. The van der Waals surface area contributed by atoms with E-state index in [1.54, 1.807) is 35.0 Å². The molecule has 0 N–H and O–H groups in total. The molecule has 3 aromatic heterocycles. The van der Waals surface area contributed by atoms with E-state index in [9.17, 15) is 4.79 Å². The number of fused-ring (bicyclic) bond motifs is 1. The summed E-state index contributed by atoms with van der Waals surface area (Å²) in [6.07, 6.45) is 4.81. The molecule has 0 aliphatic heterocycles. The van der Waals surface area contributed by atoms with Gasteiger partial charge in [0.15, 0.2) is 0 Å². The number of carbonyl (C=O) groups excluding carboxylic acids is 1. The normalized spacial score (nSPS) is 10.9. The van der Waals surface area contributed by atoms with Gasteiger partial charge in [-0.3, -0.25) is 9.78 Å². The highest BCUT2D eigenvalue weighted by atomic mass is 32.1. The van der Waals surface area contributed by atoms with Crippen molar-refractivity contribution in [2.45, 2.75) is 13.1 Å². The Labute approximate surface area is 148 Å². The molecule has 1 amide bonds. The van der Waals surface area contributed by atoms with E-state index in [1.165, 1.54) is 0 Å². The molecule has 124 valence electrons. The minimum Gasteiger partial charge on any atom is -0.472 e. The van der Waals surface area contributed by atoms with Gasteiger partial charge in [-0.2, -0.15) is 0 Å². The number of hydrogen-bond donors (Lipinski definition) is 0. The maximum Gasteiger partial charge on any atom is 0.274 e. The van der Waals surface area contributed by atoms with E-state index >= 15 is 0 Å². The van der Waals surface area contributed by atoms with Crippen molar-refractivity contribution < 1.29 is 9.21 Å². The van der Waals surface area contributed by atoms with Crippen LogP contribution in [0.5, 0.6) is 0 Å². The molecule has 6 heteroatoms. The molecule has 0 aliphatic carbocycles. The van der Waals surface area contributed by atoms with Gasteiger partial charge in [-0.25, -0.2) is 4.98 Å².